The molecule has 0 atom stereocenters. The molecule has 0 aliphatic carbocycles. The van der Waals surface area contributed by atoms with Gasteiger partial charge in [0, 0.05) is 5.69 Å². The Hall–Kier alpha value is -3.24. The number of pyridine rings is 1. The van der Waals surface area contributed by atoms with Gasteiger partial charge in [-0.3, -0.25) is 9.67 Å². The zero-order valence-electron chi connectivity index (χ0n) is 12.6. The van der Waals surface area contributed by atoms with Crippen molar-refractivity contribution in [3.8, 4) is 11.6 Å². The summed E-state index contributed by atoms with van der Waals surface area (Å²) in [6.07, 6.45) is -7.78. The van der Waals surface area contributed by atoms with Crippen LogP contribution in [-0.2, 0) is 6.18 Å². The summed E-state index contributed by atoms with van der Waals surface area (Å²) >= 11 is 0. The van der Waals surface area contributed by atoms with Crippen LogP contribution in [0.15, 0.2) is 30.3 Å². The Balaban J connectivity index is 2.04. The number of hydrogen-bond donors (Lipinski definition) is 2. The van der Waals surface area contributed by atoms with Crippen molar-refractivity contribution in [1.82, 2.24) is 24.7 Å². The van der Waals surface area contributed by atoms with Crippen LogP contribution >= 0.6 is 0 Å². The molecule has 6 nitrogen and oxygen atoms in total. The average molecular weight is 369 g/mol. The first-order valence-electron chi connectivity index (χ1n) is 7.18. The first kappa shape index (κ1) is 16.2. The Morgan fingerprint density at radius 2 is 1.85 bits per heavy atom. The maximum Gasteiger partial charge on any atom is 0.433 e. The number of aromatic hydroxyl groups is 1. The summed E-state index contributed by atoms with van der Waals surface area (Å²) in [6.45, 7) is 0. The fourth-order valence-electron chi connectivity index (χ4n) is 2.66. The highest BCUT2D eigenvalue weighted by Gasteiger charge is 2.33. The molecule has 4 aromatic rings. The Morgan fingerprint density at radius 3 is 2.54 bits per heavy atom. The van der Waals surface area contributed by atoms with Gasteiger partial charge in [0.05, 0.1) is 10.9 Å². The maximum atomic E-state index is 13.4. The van der Waals surface area contributed by atoms with E-state index in [1.165, 1.54) is 18.2 Å². The third-order valence-electron chi connectivity index (χ3n) is 3.80. The predicted octanol–water partition coefficient (Wildman–Crippen LogP) is 3.96. The van der Waals surface area contributed by atoms with Crippen LogP contribution in [0.2, 0.25) is 0 Å². The highest BCUT2D eigenvalue weighted by molar-refractivity contribution is 5.86. The van der Waals surface area contributed by atoms with Crippen molar-refractivity contribution in [3.63, 3.8) is 0 Å². The molecule has 1 aromatic carbocycles. The smallest absolute Gasteiger partial charge is 0.433 e. The minimum Gasteiger partial charge on any atom is -0.492 e. The maximum absolute atomic E-state index is 13.4. The molecule has 2 N–H and O–H groups in total. The number of alkyl halides is 5. The lowest BCUT2D eigenvalue weighted by atomic mass is 10.2. The number of hydrogen-bond acceptors (Lipinski definition) is 4. The van der Waals surface area contributed by atoms with E-state index in [4.69, 9.17) is 0 Å². The van der Waals surface area contributed by atoms with Gasteiger partial charge in [-0.1, -0.05) is 0 Å². The number of nitrogens with zero attached hydrogens (tertiary/aromatic N) is 4. The number of fused-ring (bicyclic) bond motifs is 2. The van der Waals surface area contributed by atoms with Gasteiger partial charge in [0.25, 0.3) is 6.43 Å². The summed E-state index contributed by atoms with van der Waals surface area (Å²) in [4.78, 5) is 7.17. The average Bonchev–Trinajstić information content (AvgIpc) is 3.14. The normalized spacial score (nSPS) is 12.5. The lowest BCUT2D eigenvalue weighted by Crippen LogP contribution is -2.09. The number of aromatic amines is 1. The molecular weight excluding hydrogens is 361 g/mol. The molecule has 0 aliphatic rings. The third-order valence-corrected chi connectivity index (χ3v) is 3.80. The van der Waals surface area contributed by atoms with Crippen LogP contribution in [0.3, 0.4) is 0 Å². The Labute approximate surface area is 140 Å². The predicted molar refractivity (Wildman–Crippen MR) is 80.1 cm³/mol. The number of nitrogens with one attached hydrogen (secondary N) is 1. The molecule has 11 heteroatoms. The van der Waals surface area contributed by atoms with Crippen molar-refractivity contribution >= 4 is 22.1 Å². The van der Waals surface area contributed by atoms with Gasteiger partial charge in [-0.15, -0.1) is 5.10 Å². The zero-order valence-corrected chi connectivity index (χ0v) is 12.6. The van der Waals surface area contributed by atoms with Gasteiger partial charge in [-0.25, -0.2) is 18.7 Å². The molecule has 0 bridgehead atoms. The number of benzene rings is 1. The van der Waals surface area contributed by atoms with Crippen LogP contribution in [0, 0.1) is 0 Å². The van der Waals surface area contributed by atoms with Crippen LogP contribution in [-0.4, -0.2) is 29.8 Å². The quantitative estimate of drug-likeness (QED) is 0.524. The number of rotatable bonds is 2. The van der Waals surface area contributed by atoms with Gasteiger partial charge >= 0.3 is 6.18 Å². The van der Waals surface area contributed by atoms with Crippen molar-refractivity contribution < 1.29 is 27.1 Å². The van der Waals surface area contributed by atoms with Crippen LogP contribution < -0.4 is 0 Å². The van der Waals surface area contributed by atoms with E-state index in [0.717, 1.165) is 10.6 Å². The molecule has 4 rings (SSSR count). The van der Waals surface area contributed by atoms with E-state index in [1.807, 2.05) is 0 Å². The molecule has 0 amide bonds. The molecule has 3 aromatic heterocycles. The molecule has 0 radical (unpaired) electrons. The van der Waals surface area contributed by atoms with Crippen molar-refractivity contribution in [2.24, 2.45) is 0 Å². The third kappa shape index (κ3) is 2.43. The van der Waals surface area contributed by atoms with Crippen LogP contribution in [0.1, 0.15) is 17.9 Å². The molecule has 3 heterocycles. The van der Waals surface area contributed by atoms with Crippen molar-refractivity contribution in [2.45, 2.75) is 12.6 Å². The molecule has 0 unspecified atom stereocenters. The summed E-state index contributed by atoms with van der Waals surface area (Å²) < 4.78 is 66.5. The zero-order chi connectivity index (χ0) is 18.6. The summed E-state index contributed by atoms with van der Waals surface area (Å²) in [5, 5.41) is 16.0. The molecule has 0 aliphatic heterocycles. The van der Waals surface area contributed by atoms with Gasteiger partial charge < -0.3 is 5.11 Å². The first-order valence-corrected chi connectivity index (χ1v) is 7.18. The standard InChI is InChI=1S/C15H8F5N5O/c16-11(17)13-21-9-3-4-10(15(18,19)20)22-12(9)25(13)6-1-2-8-7(5-6)14(26)24-23-8/h1-5,11H,(H2,23,24,26). The Bertz CT molecular complexity index is 1130. The van der Waals surface area contributed by atoms with Crippen LogP contribution in [0.25, 0.3) is 27.8 Å². The van der Waals surface area contributed by atoms with E-state index in [0.29, 0.717) is 11.6 Å². The fraction of sp³-hybridized carbons (Fsp3) is 0.133. The van der Waals surface area contributed by atoms with Gasteiger partial charge in [0.15, 0.2) is 11.5 Å². The SMILES string of the molecule is Oc1n[nH]c2ccc(-n3c(C(F)F)nc4ccc(C(F)(F)F)nc43)cc12. The van der Waals surface area contributed by atoms with E-state index >= 15 is 0 Å². The monoisotopic (exact) mass is 369 g/mol. The Morgan fingerprint density at radius 1 is 1.08 bits per heavy atom. The van der Waals surface area contributed by atoms with Gasteiger partial charge in [-0.2, -0.15) is 13.2 Å². The lowest BCUT2D eigenvalue weighted by Gasteiger charge is -2.10. The van der Waals surface area contributed by atoms with Crippen LogP contribution in [0.4, 0.5) is 22.0 Å². The molecule has 0 spiro atoms. The molecular formula is C15H8F5N5O. The largest absolute Gasteiger partial charge is 0.492 e. The fourth-order valence-corrected chi connectivity index (χ4v) is 2.66. The summed E-state index contributed by atoms with van der Waals surface area (Å²) in [5.41, 5.74) is -1.20. The van der Waals surface area contributed by atoms with E-state index in [2.05, 4.69) is 20.2 Å². The number of H-pyrrole nitrogens is 1. The van der Waals surface area contributed by atoms with E-state index in [1.54, 1.807) is 0 Å². The van der Waals surface area contributed by atoms with Crippen molar-refractivity contribution in [3.05, 3.63) is 41.9 Å². The van der Waals surface area contributed by atoms with Crippen LogP contribution in [0.5, 0.6) is 5.88 Å². The molecule has 134 valence electrons. The van der Waals surface area contributed by atoms with E-state index in [9.17, 15) is 27.1 Å². The number of imidazole rings is 1. The minimum absolute atomic E-state index is 0.0684. The highest BCUT2D eigenvalue weighted by atomic mass is 19.4. The lowest BCUT2D eigenvalue weighted by molar-refractivity contribution is -0.141. The summed E-state index contributed by atoms with van der Waals surface area (Å²) in [7, 11) is 0. The highest BCUT2D eigenvalue weighted by Crippen LogP contribution is 2.33. The summed E-state index contributed by atoms with van der Waals surface area (Å²) in [6, 6.07) is 5.81. The van der Waals surface area contributed by atoms with E-state index in [-0.39, 0.29) is 28.1 Å². The second-order valence-corrected chi connectivity index (χ2v) is 5.42. The second-order valence-electron chi connectivity index (χ2n) is 5.42. The number of aromatic nitrogens is 5. The van der Waals surface area contributed by atoms with Crippen molar-refractivity contribution in [2.75, 3.05) is 0 Å². The van der Waals surface area contributed by atoms with Gasteiger partial charge in [0.1, 0.15) is 11.2 Å². The number of halogens is 5. The first-order chi connectivity index (χ1) is 12.3. The topological polar surface area (TPSA) is 79.6 Å². The Kier molecular flexibility index (Phi) is 3.36. The molecule has 26 heavy (non-hydrogen) atoms. The van der Waals surface area contributed by atoms with Crippen molar-refractivity contribution in [1.29, 1.82) is 0 Å². The van der Waals surface area contributed by atoms with Gasteiger partial charge in [0.2, 0.25) is 5.88 Å². The summed E-state index contributed by atoms with van der Waals surface area (Å²) in [5.74, 6) is -1.12. The molecule has 0 fully saturated rings. The molecule has 0 saturated heterocycles. The van der Waals surface area contributed by atoms with Gasteiger partial charge in [-0.05, 0) is 30.3 Å². The minimum atomic E-state index is -4.74. The molecule has 0 saturated carbocycles. The van der Waals surface area contributed by atoms with E-state index < -0.39 is 24.1 Å². The second kappa shape index (κ2) is 5.38.